The van der Waals surface area contributed by atoms with Gasteiger partial charge in [0.1, 0.15) is 11.5 Å². The zero-order chi connectivity index (χ0) is 14.0. The molecule has 0 radical (unpaired) electrons. The summed E-state index contributed by atoms with van der Waals surface area (Å²) < 4.78 is 0. The summed E-state index contributed by atoms with van der Waals surface area (Å²) in [6.07, 6.45) is 0. The molecule has 1 aliphatic heterocycles. The predicted octanol–water partition coefficient (Wildman–Crippen LogP) is 2.09. The van der Waals surface area contributed by atoms with Gasteiger partial charge in [0, 0.05) is 37.8 Å². The van der Waals surface area contributed by atoms with Crippen LogP contribution in [0.1, 0.15) is 32.4 Å². The smallest absolute Gasteiger partial charge is 0.120 e. The van der Waals surface area contributed by atoms with E-state index in [2.05, 4.69) is 31.0 Å². The molecular formula is C15H24N2O2. The lowest BCUT2D eigenvalue weighted by atomic mass is 9.80. The highest BCUT2D eigenvalue weighted by molar-refractivity contribution is 5.41. The Morgan fingerprint density at radius 1 is 1.16 bits per heavy atom. The third kappa shape index (κ3) is 3.19. The molecule has 0 saturated carbocycles. The number of hydrogen-bond donors (Lipinski definition) is 3. The van der Waals surface area contributed by atoms with Crippen LogP contribution in [-0.4, -0.2) is 41.3 Å². The van der Waals surface area contributed by atoms with Crippen LogP contribution < -0.4 is 5.32 Å². The molecule has 0 aliphatic carbocycles. The van der Waals surface area contributed by atoms with Crippen LogP contribution in [0.15, 0.2) is 18.2 Å². The van der Waals surface area contributed by atoms with Crippen LogP contribution in [0.5, 0.6) is 11.5 Å². The molecule has 106 valence electrons. The number of benzene rings is 1. The van der Waals surface area contributed by atoms with E-state index in [4.69, 9.17) is 0 Å². The molecule has 1 fully saturated rings. The zero-order valence-electron chi connectivity index (χ0n) is 12.0. The number of phenols is 2. The molecule has 0 bridgehead atoms. The summed E-state index contributed by atoms with van der Waals surface area (Å²) in [6.45, 7) is 10.3. The third-order valence-corrected chi connectivity index (χ3v) is 3.64. The van der Waals surface area contributed by atoms with E-state index in [9.17, 15) is 10.2 Å². The van der Waals surface area contributed by atoms with E-state index in [1.54, 1.807) is 12.1 Å². The van der Waals surface area contributed by atoms with Crippen molar-refractivity contribution in [2.75, 3.05) is 26.2 Å². The van der Waals surface area contributed by atoms with E-state index in [1.165, 1.54) is 6.07 Å². The van der Waals surface area contributed by atoms with Crippen molar-refractivity contribution in [2.45, 2.75) is 26.8 Å². The van der Waals surface area contributed by atoms with Crippen molar-refractivity contribution < 1.29 is 10.2 Å². The van der Waals surface area contributed by atoms with E-state index in [-0.39, 0.29) is 23.0 Å². The first-order chi connectivity index (χ1) is 8.89. The Morgan fingerprint density at radius 2 is 1.79 bits per heavy atom. The Bertz CT molecular complexity index is 434. The number of nitrogens with zero attached hydrogens (tertiary/aromatic N) is 1. The van der Waals surface area contributed by atoms with Crippen LogP contribution >= 0.6 is 0 Å². The Labute approximate surface area is 115 Å². The van der Waals surface area contributed by atoms with Gasteiger partial charge < -0.3 is 15.5 Å². The number of nitrogens with one attached hydrogen (secondary N) is 1. The zero-order valence-corrected chi connectivity index (χ0v) is 12.0. The molecule has 4 heteroatoms. The molecule has 1 heterocycles. The second-order valence-electron chi connectivity index (χ2n) is 6.30. The van der Waals surface area contributed by atoms with Crippen LogP contribution in [0.4, 0.5) is 0 Å². The first kappa shape index (κ1) is 14.2. The average molecular weight is 264 g/mol. The largest absolute Gasteiger partial charge is 0.508 e. The summed E-state index contributed by atoms with van der Waals surface area (Å²) in [6, 6.07) is 4.89. The number of phenolic OH excluding ortho intramolecular Hbond substituents is 2. The fourth-order valence-corrected chi connectivity index (χ4v) is 2.91. The minimum Gasteiger partial charge on any atom is -0.508 e. The Balaban J connectivity index is 2.39. The predicted molar refractivity (Wildman–Crippen MR) is 76.4 cm³/mol. The summed E-state index contributed by atoms with van der Waals surface area (Å²) >= 11 is 0. The standard InChI is InChI=1S/C15H24N2O2/c1-15(2,3)14(17-8-6-16-7-9-17)12-10-11(18)4-5-13(12)19/h4-5,10,14,16,18-19H,6-9H2,1-3H3/t14-/m0/s1. The molecule has 0 unspecified atom stereocenters. The minimum atomic E-state index is -0.0113. The first-order valence-electron chi connectivity index (χ1n) is 6.86. The van der Waals surface area contributed by atoms with E-state index in [1.807, 2.05) is 0 Å². The van der Waals surface area contributed by atoms with Gasteiger partial charge >= 0.3 is 0 Å². The molecule has 1 aliphatic rings. The van der Waals surface area contributed by atoms with Gasteiger partial charge in [0.05, 0.1) is 0 Å². The van der Waals surface area contributed by atoms with Crippen molar-refractivity contribution in [3.63, 3.8) is 0 Å². The van der Waals surface area contributed by atoms with Crippen LogP contribution in [0, 0.1) is 5.41 Å². The van der Waals surface area contributed by atoms with Gasteiger partial charge in [0.2, 0.25) is 0 Å². The summed E-state index contributed by atoms with van der Waals surface area (Å²) in [5.74, 6) is 0.466. The van der Waals surface area contributed by atoms with Gasteiger partial charge in [0.25, 0.3) is 0 Å². The topological polar surface area (TPSA) is 55.7 Å². The number of hydrogen-bond acceptors (Lipinski definition) is 4. The average Bonchev–Trinajstić information content (AvgIpc) is 2.33. The number of rotatable bonds is 2. The molecule has 0 spiro atoms. The number of piperazine rings is 1. The molecular weight excluding hydrogens is 240 g/mol. The molecule has 19 heavy (non-hydrogen) atoms. The van der Waals surface area contributed by atoms with Gasteiger partial charge in [-0.25, -0.2) is 0 Å². The molecule has 1 aromatic carbocycles. The van der Waals surface area contributed by atoms with Gasteiger partial charge in [-0.05, 0) is 23.6 Å². The fourth-order valence-electron chi connectivity index (χ4n) is 2.91. The normalized spacial score (nSPS) is 19.3. The van der Waals surface area contributed by atoms with Gasteiger partial charge in [-0.15, -0.1) is 0 Å². The molecule has 0 amide bonds. The highest BCUT2D eigenvalue weighted by Gasteiger charge is 2.34. The van der Waals surface area contributed by atoms with Crippen molar-refractivity contribution >= 4 is 0 Å². The van der Waals surface area contributed by atoms with Crippen molar-refractivity contribution in [3.8, 4) is 11.5 Å². The van der Waals surface area contributed by atoms with Crippen LogP contribution in [-0.2, 0) is 0 Å². The quantitative estimate of drug-likeness (QED) is 0.716. The Hall–Kier alpha value is -1.26. The van der Waals surface area contributed by atoms with E-state index >= 15 is 0 Å². The Morgan fingerprint density at radius 3 is 2.37 bits per heavy atom. The van der Waals surface area contributed by atoms with Crippen molar-refractivity contribution in [2.24, 2.45) is 5.41 Å². The second-order valence-corrected chi connectivity index (χ2v) is 6.30. The molecule has 3 N–H and O–H groups in total. The summed E-state index contributed by atoms with van der Waals surface area (Å²) in [4.78, 5) is 2.38. The molecule has 1 atom stereocenters. The van der Waals surface area contributed by atoms with Gasteiger partial charge in [-0.1, -0.05) is 20.8 Å². The molecule has 4 nitrogen and oxygen atoms in total. The van der Waals surface area contributed by atoms with E-state index in [0.29, 0.717) is 0 Å². The first-order valence-corrected chi connectivity index (χ1v) is 6.86. The highest BCUT2D eigenvalue weighted by atomic mass is 16.3. The van der Waals surface area contributed by atoms with E-state index in [0.717, 1.165) is 31.7 Å². The summed E-state index contributed by atoms with van der Waals surface area (Å²) in [5, 5.41) is 23.2. The fraction of sp³-hybridized carbons (Fsp3) is 0.600. The van der Waals surface area contributed by atoms with Crippen molar-refractivity contribution in [1.29, 1.82) is 0 Å². The van der Waals surface area contributed by atoms with Gasteiger partial charge in [0.15, 0.2) is 0 Å². The summed E-state index contributed by atoms with van der Waals surface area (Å²) in [5.41, 5.74) is 0.803. The molecule has 1 aromatic rings. The molecule has 2 rings (SSSR count). The third-order valence-electron chi connectivity index (χ3n) is 3.64. The maximum Gasteiger partial charge on any atom is 0.120 e. The maximum atomic E-state index is 10.1. The SMILES string of the molecule is CC(C)(C)[C@H](c1cc(O)ccc1O)N1CCNCC1. The second kappa shape index (κ2) is 5.39. The molecule has 0 aromatic heterocycles. The van der Waals surface area contributed by atoms with Crippen molar-refractivity contribution in [3.05, 3.63) is 23.8 Å². The van der Waals surface area contributed by atoms with Gasteiger partial charge in [-0.3, -0.25) is 4.90 Å². The van der Waals surface area contributed by atoms with Crippen LogP contribution in [0.3, 0.4) is 0 Å². The minimum absolute atomic E-state index is 0.0113. The Kier molecular flexibility index (Phi) is 4.02. The highest BCUT2D eigenvalue weighted by Crippen LogP contribution is 2.42. The maximum absolute atomic E-state index is 10.1. The van der Waals surface area contributed by atoms with Crippen molar-refractivity contribution in [1.82, 2.24) is 10.2 Å². The molecule has 1 saturated heterocycles. The van der Waals surface area contributed by atoms with Gasteiger partial charge in [-0.2, -0.15) is 0 Å². The summed E-state index contributed by atoms with van der Waals surface area (Å²) in [7, 11) is 0. The van der Waals surface area contributed by atoms with Crippen LogP contribution in [0.25, 0.3) is 0 Å². The lowest BCUT2D eigenvalue weighted by Crippen LogP contribution is -2.48. The lowest BCUT2D eigenvalue weighted by molar-refractivity contribution is 0.0841. The lowest BCUT2D eigenvalue weighted by Gasteiger charge is -2.42. The monoisotopic (exact) mass is 264 g/mol. The van der Waals surface area contributed by atoms with Crippen LogP contribution in [0.2, 0.25) is 0 Å². The van der Waals surface area contributed by atoms with E-state index < -0.39 is 0 Å². The number of aromatic hydroxyl groups is 2.